The van der Waals surface area contributed by atoms with E-state index in [1.807, 2.05) is 18.2 Å². The summed E-state index contributed by atoms with van der Waals surface area (Å²) in [5.41, 5.74) is 1.86. The molecule has 0 bridgehead atoms. The van der Waals surface area contributed by atoms with E-state index in [4.69, 9.17) is 28.8 Å². The maximum atomic E-state index is 12.6. The molecule has 2 saturated heterocycles. The van der Waals surface area contributed by atoms with Gasteiger partial charge in [0.2, 0.25) is 0 Å². The Kier molecular flexibility index (Phi) is 8.45. The number of piperazine rings is 1. The van der Waals surface area contributed by atoms with Gasteiger partial charge < -0.3 is 38.6 Å². The van der Waals surface area contributed by atoms with Crippen LogP contribution in [0.15, 0.2) is 36.4 Å². The Morgan fingerprint density at radius 3 is 2.00 bits per heavy atom. The molecule has 2 atom stereocenters. The van der Waals surface area contributed by atoms with Gasteiger partial charge >= 0.3 is 18.2 Å². The van der Waals surface area contributed by atoms with Crippen molar-refractivity contribution in [3.05, 3.63) is 47.5 Å². The molecule has 2 fully saturated rings. The molecule has 11 heteroatoms. The van der Waals surface area contributed by atoms with E-state index in [0.717, 1.165) is 11.1 Å². The van der Waals surface area contributed by atoms with Crippen molar-refractivity contribution in [3.8, 4) is 23.0 Å². The Hall–Kier alpha value is -4.15. The molecule has 0 saturated carbocycles. The second kappa shape index (κ2) is 11.9. The van der Waals surface area contributed by atoms with E-state index >= 15 is 0 Å². The van der Waals surface area contributed by atoms with Crippen LogP contribution in [0.2, 0.25) is 0 Å². The summed E-state index contributed by atoms with van der Waals surface area (Å²) in [6.45, 7) is 1.28. The van der Waals surface area contributed by atoms with Crippen LogP contribution >= 0.6 is 0 Å². The minimum Gasteiger partial charge on any atom is -0.493 e. The van der Waals surface area contributed by atoms with E-state index in [0.29, 0.717) is 36.7 Å². The SMILES string of the molecule is COc1ccc(C[C@H]2COC(=O)[C@@H]2Cc2ccc(OC(=O)N3CCN(C(=O)O)CC3)c(OC)c2)cc1OC. The zero-order chi connectivity index (χ0) is 27.2. The van der Waals surface area contributed by atoms with E-state index in [1.54, 1.807) is 32.4 Å². The highest BCUT2D eigenvalue weighted by atomic mass is 16.6. The lowest BCUT2D eigenvalue weighted by atomic mass is 9.85. The van der Waals surface area contributed by atoms with Gasteiger partial charge in [0, 0.05) is 32.1 Å². The molecule has 4 rings (SSSR count). The zero-order valence-electron chi connectivity index (χ0n) is 21.7. The topological polar surface area (TPSA) is 124 Å². The minimum atomic E-state index is -1.01. The summed E-state index contributed by atoms with van der Waals surface area (Å²) < 4.78 is 27.1. The molecule has 204 valence electrons. The molecule has 2 aliphatic heterocycles. The third-order valence-electron chi connectivity index (χ3n) is 6.95. The average molecular weight is 529 g/mol. The lowest BCUT2D eigenvalue weighted by molar-refractivity contribution is -0.141. The highest BCUT2D eigenvalue weighted by Gasteiger charge is 2.37. The monoisotopic (exact) mass is 528 g/mol. The third kappa shape index (κ3) is 6.04. The van der Waals surface area contributed by atoms with Crippen LogP contribution in [-0.2, 0) is 22.4 Å². The van der Waals surface area contributed by atoms with Gasteiger partial charge in [-0.2, -0.15) is 0 Å². The molecule has 2 heterocycles. The second-order valence-corrected chi connectivity index (χ2v) is 9.20. The van der Waals surface area contributed by atoms with Crippen molar-refractivity contribution in [2.45, 2.75) is 12.8 Å². The van der Waals surface area contributed by atoms with Crippen LogP contribution in [0.5, 0.6) is 23.0 Å². The van der Waals surface area contributed by atoms with Crippen molar-refractivity contribution >= 4 is 18.2 Å². The van der Waals surface area contributed by atoms with Crippen LogP contribution in [0.1, 0.15) is 11.1 Å². The summed E-state index contributed by atoms with van der Waals surface area (Å²) in [5.74, 6) is 1.28. The van der Waals surface area contributed by atoms with Gasteiger partial charge in [-0.1, -0.05) is 12.1 Å². The van der Waals surface area contributed by atoms with Gasteiger partial charge in [0.05, 0.1) is 33.9 Å². The third-order valence-corrected chi connectivity index (χ3v) is 6.95. The molecule has 0 unspecified atom stereocenters. The highest BCUT2D eigenvalue weighted by molar-refractivity contribution is 5.75. The highest BCUT2D eigenvalue weighted by Crippen LogP contribution is 2.35. The fourth-order valence-electron chi connectivity index (χ4n) is 4.78. The first-order valence-electron chi connectivity index (χ1n) is 12.3. The van der Waals surface area contributed by atoms with E-state index in [2.05, 4.69) is 0 Å². The van der Waals surface area contributed by atoms with Crippen molar-refractivity contribution in [2.24, 2.45) is 11.8 Å². The molecule has 11 nitrogen and oxygen atoms in total. The summed E-state index contributed by atoms with van der Waals surface area (Å²) >= 11 is 0. The number of methoxy groups -OCH3 is 3. The summed E-state index contributed by atoms with van der Waals surface area (Å²) in [6, 6.07) is 10.9. The number of ether oxygens (including phenoxy) is 5. The van der Waals surface area contributed by atoms with E-state index < -0.39 is 12.2 Å². The van der Waals surface area contributed by atoms with E-state index in [1.165, 1.54) is 16.9 Å². The minimum absolute atomic E-state index is 0.0198. The molecule has 0 radical (unpaired) electrons. The fourth-order valence-corrected chi connectivity index (χ4v) is 4.78. The van der Waals surface area contributed by atoms with Gasteiger partial charge in [0.1, 0.15) is 0 Å². The Bertz CT molecular complexity index is 1180. The number of cyclic esters (lactones) is 1. The molecular weight excluding hydrogens is 496 g/mol. The first-order chi connectivity index (χ1) is 18.3. The number of hydrogen-bond acceptors (Lipinski definition) is 8. The normalized spacial score (nSPS) is 19.1. The maximum Gasteiger partial charge on any atom is 0.415 e. The summed E-state index contributed by atoms with van der Waals surface area (Å²) in [4.78, 5) is 39.0. The van der Waals surface area contributed by atoms with Crippen molar-refractivity contribution in [2.75, 3.05) is 54.1 Å². The number of hydrogen-bond donors (Lipinski definition) is 1. The van der Waals surface area contributed by atoms with Crippen LogP contribution in [0.3, 0.4) is 0 Å². The quantitative estimate of drug-likeness (QED) is 0.515. The van der Waals surface area contributed by atoms with Gasteiger partial charge in [0.25, 0.3) is 0 Å². The number of amides is 2. The number of carboxylic acid groups (broad SMARTS) is 1. The van der Waals surface area contributed by atoms with Crippen LogP contribution in [0.25, 0.3) is 0 Å². The molecule has 2 aromatic carbocycles. The van der Waals surface area contributed by atoms with Crippen LogP contribution < -0.4 is 18.9 Å². The van der Waals surface area contributed by atoms with Gasteiger partial charge in [-0.15, -0.1) is 0 Å². The van der Waals surface area contributed by atoms with Gasteiger partial charge in [-0.3, -0.25) is 4.79 Å². The Morgan fingerprint density at radius 2 is 1.39 bits per heavy atom. The van der Waals surface area contributed by atoms with Crippen molar-refractivity contribution in [1.29, 1.82) is 0 Å². The standard InChI is InChI=1S/C27H32N2O9/c1-34-21-6-4-17(14-23(21)35-2)12-19-16-37-25(30)20(19)13-18-5-7-22(24(15-18)36-3)38-27(33)29-10-8-28(9-11-29)26(31)32/h4-7,14-15,19-20H,8-13,16H2,1-3H3,(H,31,32)/t19-,20+/m0/s1. The van der Waals surface area contributed by atoms with Gasteiger partial charge in [0.15, 0.2) is 23.0 Å². The molecule has 38 heavy (non-hydrogen) atoms. The van der Waals surface area contributed by atoms with Gasteiger partial charge in [-0.05, 0) is 48.2 Å². The second-order valence-electron chi connectivity index (χ2n) is 9.20. The Labute approximate surface area is 220 Å². The molecular formula is C27H32N2O9. The van der Waals surface area contributed by atoms with E-state index in [9.17, 15) is 14.4 Å². The molecule has 2 aliphatic rings. The Balaban J connectivity index is 1.41. The fraction of sp³-hybridized carbons (Fsp3) is 0.444. The van der Waals surface area contributed by atoms with Crippen molar-refractivity contribution < 1.29 is 43.2 Å². The lowest BCUT2D eigenvalue weighted by Gasteiger charge is -2.32. The predicted molar refractivity (Wildman–Crippen MR) is 135 cm³/mol. The van der Waals surface area contributed by atoms with Crippen LogP contribution in [0.4, 0.5) is 9.59 Å². The smallest absolute Gasteiger partial charge is 0.415 e. The number of esters is 1. The summed E-state index contributed by atoms with van der Waals surface area (Å²) in [7, 11) is 4.64. The van der Waals surface area contributed by atoms with Crippen LogP contribution in [0, 0.1) is 11.8 Å². The molecule has 0 aromatic heterocycles. The number of benzene rings is 2. The number of nitrogens with zero attached hydrogens (tertiary/aromatic N) is 2. The number of carbonyl (C=O) groups is 3. The summed E-state index contributed by atoms with van der Waals surface area (Å²) in [6.07, 6.45) is -0.500. The van der Waals surface area contributed by atoms with Crippen LogP contribution in [-0.4, -0.2) is 87.2 Å². The number of carbonyl (C=O) groups excluding carboxylic acids is 2. The molecule has 0 spiro atoms. The average Bonchev–Trinajstić information content (AvgIpc) is 3.27. The van der Waals surface area contributed by atoms with E-state index in [-0.39, 0.29) is 49.7 Å². The first kappa shape index (κ1) is 26.9. The van der Waals surface area contributed by atoms with Crippen molar-refractivity contribution in [1.82, 2.24) is 9.80 Å². The maximum absolute atomic E-state index is 12.6. The zero-order valence-corrected chi connectivity index (χ0v) is 21.7. The molecule has 0 aliphatic carbocycles. The van der Waals surface area contributed by atoms with Crippen molar-refractivity contribution in [3.63, 3.8) is 0 Å². The first-order valence-corrected chi connectivity index (χ1v) is 12.3. The largest absolute Gasteiger partial charge is 0.493 e. The lowest BCUT2D eigenvalue weighted by Crippen LogP contribution is -2.51. The predicted octanol–water partition coefficient (Wildman–Crippen LogP) is 3.08. The molecule has 1 N–H and O–H groups in total. The molecule has 2 amide bonds. The molecule has 2 aromatic rings. The Morgan fingerprint density at radius 1 is 0.842 bits per heavy atom. The van der Waals surface area contributed by atoms with Gasteiger partial charge in [-0.25, -0.2) is 9.59 Å². The number of rotatable bonds is 8. The summed E-state index contributed by atoms with van der Waals surface area (Å²) in [5, 5.41) is 9.08.